The maximum absolute atomic E-state index is 13.5. The van der Waals surface area contributed by atoms with Crippen molar-refractivity contribution in [3.05, 3.63) is 115 Å². The van der Waals surface area contributed by atoms with E-state index in [1.165, 1.54) is 4.31 Å². The molecule has 0 aliphatic heterocycles. The van der Waals surface area contributed by atoms with Crippen molar-refractivity contribution in [2.24, 2.45) is 0 Å². The Morgan fingerprint density at radius 1 is 0.833 bits per heavy atom. The second-order valence-electron chi connectivity index (χ2n) is 7.85. The first-order chi connectivity index (χ1) is 16.9. The van der Waals surface area contributed by atoms with Crippen molar-refractivity contribution in [2.45, 2.75) is 18.0 Å². The van der Waals surface area contributed by atoms with Crippen LogP contribution in [0.3, 0.4) is 0 Å². The number of benzene rings is 3. The van der Waals surface area contributed by atoms with Crippen LogP contribution in [-0.2, 0) is 27.9 Å². The number of carboxylic acids is 1. The molecule has 9 heteroatoms. The van der Waals surface area contributed by atoms with Crippen LogP contribution in [0.2, 0.25) is 0 Å². The van der Waals surface area contributed by atoms with Crippen molar-refractivity contribution in [3.8, 4) is 16.9 Å². The van der Waals surface area contributed by atoms with Gasteiger partial charge in [-0.2, -0.15) is 4.31 Å². The van der Waals surface area contributed by atoms with Gasteiger partial charge in [-0.1, -0.05) is 60.7 Å². The monoisotopic (exact) mass is 512 g/mol. The molecule has 4 rings (SSSR count). The van der Waals surface area contributed by atoms with Crippen LogP contribution >= 0.6 is 0 Å². The standard InChI is InChI=1S/C27H24N2O5S.Na.H/c30-27(31)20-34-25-8-4-6-22(16-25)19-29(35(32,33)26-9-2-1-3-10-26)18-21-11-13-23(14-12-21)24-7-5-15-28-17-24;;/h1-17H,18-20H2,(H,30,31);;. The van der Waals surface area contributed by atoms with E-state index in [0.717, 1.165) is 16.7 Å². The number of carboxylic acid groups (broad SMARTS) is 1. The molecule has 0 saturated carbocycles. The third-order valence-electron chi connectivity index (χ3n) is 5.31. The van der Waals surface area contributed by atoms with Gasteiger partial charge in [-0.05, 0) is 52.6 Å². The quantitative estimate of drug-likeness (QED) is 0.323. The van der Waals surface area contributed by atoms with E-state index in [4.69, 9.17) is 9.84 Å². The Morgan fingerprint density at radius 2 is 1.56 bits per heavy atom. The Morgan fingerprint density at radius 3 is 2.22 bits per heavy atom. The molecule has 0 aliphatic carbocycles. The molecule has 36 heavy (non-hydrogen) atoms. The van der Waals surface area contributed by atoms with E-state index >= 15 is 0 Å². The van der Waals surface area contributed by atoms with Crippen molar-refractivity contribution in [2.75, 3.05) is 6.61 Å². The average molecular weight is 513 g/mol. The number of carbonyl (C=O) groups is 1. The normalized spacial score (nSPS) is 11.0. The van der Waals surface area contributed by atoms with Gasteiger partial charge in [-0.15, -0.1) is 0 Å². The van der Waals surface area contributed by atoms with Gasteiger partial charge in [0.05, 0.1) is 4.90 Å². The Bertz CT molecular complexity index is 1380. The average Bonchev–Trinajstić information content (AvgIpc) is 2.89. The number of aromatic nitrogens is 1. The van der Waals surface area contributed by atoms with Crippen LogP contribution in [0.5, 0.6) is 5.75 Å². The summed E-state index contributed by atoms with van der Waals surface area (Å²) in [6.07, 6.45) is 3.49. The molecule has 0 spiro atoms. The van der Waals surface area contributed by atoms with E-state index in [9.17, 15) is 13.2 Å². The van der Waals surface area contributed by atoms with Crippen LogP contribution in [-0.4, -0.2) is 64.9 Å². The molecule has 0 saturated heterocycles. The Hall–Kier alpha value is -3.01. The molecular weight excluding hydrogens is 487 g/mol. The molecule has 7 nitrogen and oxygen atoms in total. The summed E-state index contributed by atoms with van der Waals surface area (Å²) in [5.41, 5.74) is 3.48. The summed E-state index contributed by atoms with van der Waals surface area (Å²) in [5, 5.41) is 8.86. The van der Waals surface area contributed by atoms with Gasteiger partial charge in [0.1, 0.15) is 5.75 Å². The van der Waals surface area contributed by atoms with Crippen molar-refractivity contribution < 1.29 is 23.1 Å². The van der Waals surface area contributed by atoms with Gasteiger partial charge >= 0.3 is 35.5 Å². The minimum absolute atomic E-state index is 0. The summed E-state index contributed by atoms with van der Waals surface area (Å²) in [6, 6.07) is 26.6. The molecule has 0 atom stereocenters. The van der Waals surface area contributed by atoms with E-state index in [0.29, 0.717) is 11.3 Å². The zero-order valence-electron chi connectivity index (χ0n) is 18.8. The third-order valence-corrected chi connectivity index (χ3v) is 7.11. The number of ether oxygens (including phenoxy) is 1. The van der Waals surface area contributed by atoms with Crippen molar-refractivity contribution >= 4 is 45.5 Å². The van der Waals surface area contributed by atoms with E-state index in [-0.39, 0.29) is 47.5 Å². The second-order valence-corrected chi connectivity index (χ2v) is 9.79. The Balaban J connectivity index is 0.00000361. The summed E-state index contributed by atoms with van der Waals surface area (Å²) < 4.78 is 33.7. The molecule has 1 heterocycles. The fourth-order valence-corrected chi connectivity index (χ4v) is 5.03. The molecule has 180 valence electrons. The van der Waals surface area contributed by atoms with Crippen LogP contribution in [0.4, 0.5) is 0 Å². The molecule has 0 aliphatic rings. The number of sulfonamides is 1. The molecule has 0 amide bonds. The van der Waals surface area contributed by atoms with E-state index < -0.39 is 22.6 Å². The van der Waals surface area contributed by atoms with Crippen molar-refractivity contribution in [1.82, 2.24) is 9.29 Å². The first-order valence-corrected chi connectivity index (χ1v) is 12.3. The topological polar surface area (TPSA) is 96.8 Å². The number of aliphatic carboxylic acids is 1. The number of hydrogen-bond acceptors (Lipinski definition) is 5. The summed E-state index contributed by atoms with van der Waals surface area (Å²) in [4.78, 5) is 15.2. The SMILES string of the molecule is O=C(O)COc1cccc(CN(Cc2ccc(-c3cccnc3)cc2)S(=O)(=O)c2ccccc2)c1.[NaH]. The zero-order valence-corrected chi connectivity index (χ0v) is 19.6. The van der Waals surface area contributed by atoms with Crippen LogP contribution in [0, 0.1) is 0 Å². The summed E-state index contributed by atoms with van der Waals surface area (Å²) in [6.45, 7) is -0.227. The van der Waals surface area contributed by atoms with Gasteiger partial charge < -0.3 is 9.84 Å². The van der Waals surface area contributed by atoms with E-state index in [2.05, 4.69) is 4.98 Å². The van der Waals surface area contributed by atoms with Crippen LogP contribution in [0.15, 0.2) is 108 Å². The molecule has 4 aromatic rings. The fourth-order valence-electron chi connectivity index (χ4n) is 3.59. The van der Waals surface area contributed by atoms with Gasteiger partial charge in [0, 0.05) is 25.5 Å². The predicted molar refractivity (Wildman–Crippen MR) is 139 cm³/mol. The van der Waals surface area contributed by atoms with Gasteiger partial charge in [0.2, 0.25) is 10.0 Å². The summed E-state index contributed by atoms with van der Waals surface area (Å²) in [7, 11) is -3.81. The van der Waals surface area contributed by atoms with Gasteiger partial charge in [-0.25, -0.2) is 13.2 Å². The van der Waals surface area contributed by atoms with Gasteiger partial charge in [0.25, 0.3) is 0 Å². The first-order valence-electron chi connectivity index (χ1n) is 10.9. The number of pyridine rings is 1. The molecule has 0 fully saturated rings. The molecular formula is C27H25N2NaO5S. The number of nitrogens with zero attached hydrogens (tertiary/aromatic N) is 2. The molecule has 0 bridgehead atoms. The second kappa shape index (κ2) is 12.8. The molecule has 3 aromatic carbocycles. The Kier molecular flexibility index (Phi) is 9.81. The van der Waals surface area contributed by atoms with Crippen molar-refractivity contribution in [1.29, 1.82) is 0 Å². The summed E-state index contributed by atoms with van der Waals surface area (Å²) >= 11 is 0. The number of hydrogen-bond donors (Lipinski definition) is 1. The summed E-state index contributed by atoms with van der Waals surface area (Å²) in [5.74, 6) is -0.721. The molecule has 1 N–H and O–H groups in total. The molecule has 0 unspecified atom stereocenters. The van der Waals surface area contributed by atoms with Crippen molar-refractivity contribution in [3.63, 3.8) is 0 Å². The maximum atomic E-state index is 13.5. The Labute approximate surface area is 232 Å². The van der Waals surface area contributed by atoms with Gasteiger partial charge in [0.15, 0.2) is 6.61 Å². The van der Waals surface area contributed by atoms with E-state index in [1.807, 2.05) is 36.4 Å². The number of rotatable bonds is 10. The molecule has 1 aromatic heterocycles. The first kappa shape index (κ1) is 27.6. The van der Waals surface area contributed by atoms with Crippen LogP contribution in [0.25, 0.3) is 11.1 Å². The predicted octanol–water partition coefficient (Wildman–Crippen LogP) is 3.95. The van der Waals surface area contributed by atoms with Gasteiger partial charge in [-0.3, -0.25) is 4.98 Å². The minimum atomic E-state index is -3.81. The third kappa shape index (κ3) is 7.25. The zero-order chi connectivity index (χ0) is 24.7. The van der Waals surface area contributed by atoms with Crippen LogP contribution < -0.4 is 4.74 Å². The van der Waals surface area contributed by atoms with E-state index in [1.54, 1.807) is 67.0 Å². The molecule has 0 radical (unpaired) electrons. The van der Waals surface area contributed by atoms with Crippen LogP contribution in [0.1, 0.15) is 11.1 Å². The fraction of sp³-hybridized carbons (Fsp3) is 0.111.